The van der Waals surface area contributed by atoms with Gasteiger partial charge in [-0.1, -0.05) is 16.8 Å². The van der Waals surface area contributed by atoms with Crippen molar-refractivity contribution in [3.8, 4) is 0 Å². The van der Waals surface area contributed by atoms with Crippen LogP contribution in [0, 0.1) is 5.92 Å². The normalized spacial score (nSPS) is 26.7. The van der Waals surface area contributed by atoms with Crippen LogP contribution in [0.25, 0.3) is 0 Å². The summed E-state index contributed by atoms with van der Waals surface area (Å²) in [6.45, 7) is 4.41. The summed E-state index contributed by atoms with van der Waals surface area (Å²) in [6.07, 6.45) is 3.02. The van der Waals surface area contributed by atoms with Crippen LogP contribution in [0.4, 0.5) is 5.13 Å². The SMILES string of the molecule is CC(C)(O/N=C(\C(=O)N[C@@H]1C(=O)N2C(C(=O)O)=C(/C=C3\CNC(C(=O)C4CCNC4)C3)CS[C@H]12)c1csc(N)n1)C(=O)O. The minimum Gasteiger partial charge on any atom is -0.478 e. The third-order valence-electron chi connectivity index (χ3n) is 7.57. The maximum absolute atomic E-state index is 13.3. The Morgan fingerprint density at radius 3 is 2.70 bits per heavy atom. The number of thiazole rings is 1. The number of allylic oxidation sites excluding steroid dienone is 1. The molecule has 0 spiro atoms. The Morgan fingerprint density at radius 1 is 1.30 bits per heavy atom. The van der Waals surface area contributed by atoms with E-state index in [2.05, 4.69) is 26.1 Å². The predicted octanol–water partition coefficient (Wildman–Crippen LogP) is -0.485. The van der Waals surface area contributed by atoms with E-state index >= 15 is 0 Å². The van der Waals surface area contributed by atoms with Crippen molar-refractivity contribution in [1.29, 1.82) is 0 Å². The summed E-state index contributed by atoms with van der Waals surface area (Å²) in [5, 5.41) is 32.9. The number of carboxylic acids is 2. The number of β-lactam (4-membered cyclic amide) rings is 1. The van der Waals surface area contributed by atoms with Gasteiger partial charge in [0.2, 0.25) is 5.60 Å². The van der Waals surface area contributed by atoms with Gasteiger partial charge in [0.25, 0.3) is 11.8 Å². The number of nitrogens with zero attached hydrogens (tertiary/aromatic N) is 3. The number of ketones is 1. The summed E-state index contributed by atoms with van der Waals surface area (Å²) in [7, 11) is 0. The number of hydrogen-bond donors (Lipinski definition) is 6. The molecule has 230 valence electrons. The summed E-state index contributed by atoms with van der Waals surface area (Å²) in [5.74, 6) is -3.73. The van der Waals surface area contributed by atoms with Crippen molar-refractivity contribution in [2.45, 2.75) is 49.7 Å². The number of rotatable bonds is 10. The predicted molar refractivity (Wildman–Crippen MR) is 156 cm³/mol. The third-order valence-corrected chi connectivity index (χ3v) is 9.55. The molecule has 4 aliphatic heterocycles. The Labute approximate surface area is 254 Å². The topological polar surface area (TPSA) is 226 Å². The van der Waals surface area contributed by atoms with E-state index < -0.39 is 40.8 Å². The number of carbonyl (C=O) groups excluding carboxylic acids is 3. The maximum atomic E-state index is 13.3. The molecular formula is C26H31N7O8S2. The average molecular weight is 634 g/mol. The van der Waals surface area contributed by atoms with Crippen LogP contribution >= 0.6 is 23.1 Å². The van der Waals surface area contributed by atoms with Gasteiger partial charge in [-0.05, 0) is 38.8 Å². The molecule has 1 aromatic heterocycles. The van der Waals surface area contributed by atoms with Crippen molar-refractivity contribution in [3.05, 3.63) is 34.0 Å². The Morgan fingerprint density at radius 2 is 2.07 bits per heavy atom. The summed E-state index contributed by atoms with van der Waals surface area (Å²) < 4.78 is 0. The zero-order valence-corrected chi connectivity index (χ0v) is 24.9. The van der Waals surface area contributed by atoms with Gasteiger partial charge in [-0.25, -0.2) is 14.6 Å². The molecular weight excluding hydrogens is 602 g/mol. The van der Waals surface area contributed by atoms with Crippen LogP contribution in [0.5, 0.6) is 0 Å². The first-order valence-corrected chi connectivity index (χ1v) is 15.4. The standard InChI is InChI=1S/C26H31N7O8S2/c1-26(2,24(39)40)41-32-16(15-10-43-25(27)30-15)20(35)31-17-21(36)33-18(23(37)38)13(9-42-22(17)33)5-11-6-14(29-7-11)19(34)12-3-4-28-8-12/h5,10,12,14,17,22,28-29H,3-4,6-9H2,1-2H3,(H2,27,30)(H,31,35)(H,37,38)(H,39,40)/b11-5-,32-16-/t12?,14?,17-,22-/m1/s1. The molecule has 4 aliphatic rings. The molecule has 4 atom stereocenters. The average Bonchev–Trinajstić information content (AvgIpc) is 3.74. The van der Waals surface area contributed by atoms with Crippen LogP contribution in [0.15, 0.2) is 33.5 Å². The van der Waals surface area contributed by atoms with Crippen molar-refractivity contribution in [3.63, 3.8) is 0 Å². The van der Waals surface area contributed by atoms with Crippen LogP contribution in [0.3, 0.4) is 0 Å². The first-order chi connectivity index (χ1) is 20.4. The lowest BCUT2D eigenvalue weighted by molar-refractivity contribution is -0.161. The number of carbonyl (C=O) groups is 5. The molecule has 17 heteroatoms. The zero-order valence-electron chi connectivity index (χ0n) is 23.3. The number of nitrogen functional groups attached to an aromatic ring is 1. The summed E-state index contributed by atoms with van der Waals surface area (Å²) in [4.78, 5) is 73.3. The lowest BCUT2D eigenvalue weighted by atomic mass is 9.95. The van der Waals surface area contributed by atoms with Crippen LogP contribution in [-0.2, 0) is 28.8 Å². The van der Waals surface area contributed by atoms with Gasteiger partial charge in [0, 0.05) is 30.1 Å². The number of aromatic nitrogens is 1. The number of fused-ring (bicyclic) bond motifs is 1. The van der Waals surface area contributed by atoms with Gasteiger partial charge in [-0.15, -0.1) is 23.1 Å². The minimum absolute atomic E-state index is 0.0206. The van der Waals surface area contributed by atoms with E-state index in [4.69, 9.17) is 10.6 Å². The Balaban J connectivity index is 1.31. The Hall–Kier alpha value is -3.80. The second kappa shape index (κ2) is 12.1. The second-order valence-corrected chi connectivity index (χ2v) is 13.0. The van der Waals surface area contributed by atoms with E-state index in [1.165, 1.54) is 31.0 Å². The largest absolute Gasteiger partial charge is 0.478 e. The number of carboxylic acid groups (broad SMARTS) is 2. The number of hydrogen-bond acceptors (Lipinski definition) is 13. The monoisotopic (exact) mass is 633 g/mol. The maximum Gasteiger partial charge on any atom is 0.352 e. The minimum atomic E-state index is -1.77. The van der Waals surface area contributed by atoms with Crippen LogP contribution in [0.1, 0.15) is 32.4 Å². The molecule has 0 aromatic carbocycles. The fraction of sp³-hybridized carbons (Fsp3) is 0.500. The fourth-order valence-corrected chi connectivity index (χ4v) is 7.02. The van der Waals surface area contributed by atoms with Gasteiger partial charge in [0.1, 0.15) is 22.8 Å². The van der Waals surface area contributed by atoms with E-state index in [9.17, 15) is 34.2 Å². The molecule has 15 nitrogen and oxygen atoms in total. The third kappa shape index (κ3) is 6.15. The molecule has 2 amide bonds. The molecule has 0 bridgehead atoms. The van der Waals surface area contributed by atoms with E-state index in [0.717, 1.165) is 34.8 Å². The molecule has 2 unspecified atom stereocenters. The highest BCUT2D eigenvalue weighted by Gasteiger charge is 2.54. The molecule has 3 saturated heterocycles. The zero-order chi connectivity index (χ0) is 31.1. The lowest BCUT2D eigenvalue weighted by Crippen LogP contribution is -2.71. The number of thioether (sulfide) groups is 1. The molecule has 5 heterocycles. The number of oxime groups is 1. The van der Waals surface area contributed by atoms with Crippen molar-refractivity contribution >= 4 is 63.5 Å². The highest BCUT2D eigenvalue weighted by atomic mass is 32.2. The number of amides is 2. The molecule has 0 aliphatic carbocycles. The number of nitrogens with one attached hydrogen (secondary N) is 3. The van der Waals surface area contributed by atoms with Gasteiger partial charge in [0.05, 0.1) is 6.04 Å². The van der Waals surface area contributed by atoms with Crippen molar-refractivity contribution in [2.75, 3.05) is 31.1 Å². The van der Waals surface area contributed by atoms with Crippen LogP contribution < -0.4 is 21.7 Å². The van der Waals surface area contributed by atoms with Gasteiger partial charge >= 0.3 is 11.9 Å². The van der Waals surface area contributed by atoms with Crippen molar-refractivity contribution in [2.24, 2.45) is 11.1 Å². The van der Waals surface area contributed by atoms with Gasteiger partial charge in [-0.2, -0.15) is 0 Å². The summed E-state index contributed by atoms with van der Waals surface area (Å²) in [6, 6.07) is -1.40. The van der Waals surface area contributed by atoms with E-state index in [0.29, 0.717) is 25.1 Å². The molecule has 0 saturated carbocycles. The second-order valence-electron chi connectivity index (χ2n) is 11.0. The summed E-state index contributed by atoms with van der Waals surface area (Å²) in [5.41, 5.74) is 4.71. The fourth-order valence-electron chi connectivity index (χ4n) is 5.16. The molecule has 0 radical (unpaired) electrons. The molecule has 43 heavy (non-hydrogen) atoms. The van der Waals surface area contributed by atoms with E-state index in [-0.39, 0.29) is 45.7 Å². The molecule has 5 rings (SSSR count). The van der Waals surface area contributed by atoms with Crippen LogP contribution in [-0.4, -0.2) is 104 Å². The highest BCUT2D eigenvalue weighted by Crippen LogP contribution is 2.41. The lowest BCUT2D eigenvalue weighted by Gasteiger charge is -2.49. The van der Waals surface area contributed by atoms with Gasteiger partial charge in [-0.3, -0.25) is 19.3 Å². The van der Waals surface area contributed by atoms with E-state index in [1.54, 1.807) is 6.08 Å². The first kappa shape index (κ1) is 30.7. The van der Waals surface area contributed by atoms with Gasteiger partial charge in [0.15, 0.2) is 16.6 Å². The first-order valence-electron chi connectivity index (χ1n) is 13.5. The van der Waals surface area contributed by atoms with E-state index in [1.807, 2.05) is 0 Å². The number of anilines is 1. The highest BCUT2D eigenvalue weighted by molar-refractivity contribution is 8.00. The Kier molecular flexibility index (Phi) is 8.60. The summed E-state index contributed by atoms with van der Waals surface area (Å²) >= 11 is 2.31. The molecule has 3 fully saturated rings. The van der Waals surface area contributed by atoms with Crippen molar-refractivity contribution < 1.29 is 39.0 Å². The van der Waals surface area contributed by atoms with Gasteiger partial charge < -0.3 is 36.7 Å². The molecule has 1 aromatic rings. The smallest absolute Gasteiger partial charge is 0.352 e. The number of nitrogens with two attached hydrogens (primary N) is 1. The quantitative estimate of drug-likeness (QED) is 0.109. The number of aliphatic carboxylic acids is 2. The Bertz CT molecular complexity index is 1460. The van der Waals surface area contributed by atoms with Crippen molar-refractivity contribution in [1.82, 2.24) is 25.8 Å². The molecule has 7 N–H and O–H groups in total. The number of Topliss-reactive ketones (excluding diaryl/α,β-unsaturated/α-hetero) is 1. The van der Waals surface area contributed by atoms with Crippen LogP contribution in [0.2, 0.25) is 0 Å².